The molecule has 200 valence electrons. The van der Waals surface area contributed by atoms with Gasteiger partial charge in [0.25, 0.3) is 11.8 Å². The van der Waals surface area contributed by atoms with E-state index in [0.717, 1.165) is 24.8 Å². The summed E-state index contributed by atoms with van der Waals surface area (Å²) in [7, 11) is 0. The van der Waals surface area contributed by atoms with Gasteiger partial charge in [0.05, 0.1) is 11.6 Å². The summed E-state index contributed by atoms with van der Waals surface area (Å²) in [6.45, 7) is 4.08. The molecule has 2 amide bonds. The van der Waals surface area contributed by atoms with Gasteiger partial charge < -0.3 is 19.3 Å². The standard InChI is InChI=1S/C31H35ClN2O4/c1-2-33-19-9-4-10-20-34(30(35)23-37-27-17-15-25(32)16-18-27)26(21-24-11-5-3-6-12-24)22-38-29-14-8-7-13-28(29)31(33)36/h3,5-8,11-18,26H,2,4,9-10,19-23H2,1H3/t26-/m1/s1. The van der Waals surface area contributed by atoms with Gasteiger partial charge >= 0.3 is 0 Å². The Bertz CT molecular complexity index is 1190. The second-order valence-electron chi connectivity index (χ2n) is 9.43. The van der Waals surface area contributed by atoms with Crippen LogP contribution in [-0.2, 0) is 11.2 Å². The fraction of sp³-hybridized carbons (Fsp3) is 0.355. The maximum atomic E-state index is 13.6. The molecule has 6 nitrogen and oxygen atoms in total. The van der Waals surface area contributed by atoms with Crippen LogP contribution < -0.4 is 9.47 Å². The number of carbonyl (C=O) groups excluding carboxylic acids is 2. The Labute approximate surface area is 230 Å². The third-order valence-corrected chi connectivity index (χ3v) is 7.05. The van der Waals surface area contributed by atoms with Gasteiger partial charge in [-0.2, -0.15) is 0 Å². The van der Waals surface area contributed by atoms with Crippen molar-refractivity contribution in [2.24, 2.45) is 0 Å². The van der Waals surface area contributed by atoms with Gasteiger partial charge in [-0.3, -0.25) is 9.59 Å². The Kier molecular flexibility index (Phi) is 10.0. The number of rotatable bonds is 6. The lowest BCUT2D eigenvalue weighted by Gasteiger charge is -2.32. The van der Waals surface area contributed by atoms with Crippen LogP contribution in [0.5, 0.6) is 11.5 Å². The molecule has 0 fully saturated rings. The highest BCUT2D eigenvalue weighted by atomic mass is 35.5. The lowest BCUT2D eigenvalue weighted by atomic mass is 10.0. The third kappa shape index (κ3) is 7.51. The molecule has 0 radical (unpaired) electrons. The fourth-order valence-corrected chi connectivity index (χ4v) is 4.83. The summed E-state index contributed by atoms with van der Waals surface area (Å²) >= 11 is 5.99. The summed E-state index contributed by atoms with van der Waals surface area (Å²) in [6.07, 6.45) is 3.24. The highest BCUT2D eigenvalue weighted by Crippen LogP contribution is 2.23. The van der Waals surface area contributed by atoms with Crippen LogP contribution in [0.1, 0.15) is 42.1 Å². The smallest absolute Gasteiger partial charge is 0.260 e. The van der Waals surface area contributed by atoms with Crippen molar-refractivity contribution in [2.45, 2.75) is 38.6 Å². The molecule has 0 unspecified atom stereocenters. The van der Waals surface area contributed by atoms with Crippen molar-refractivity contribution in [3.8, 4) is 11.5 Å². The van der Waals surface area contributed by atoms with Crippen molar-refractivity contribution in [2.75, 3.05) is 32.8 Å². The Morgan fingerprint density at radius 3 is 2.42 bits per heavy atom. The number of benzene rings is 3. The molecule has 0 aromatic heterocycles. The minimum Gasteiger partial charge on any atom is -0.491 e. The minimum absolute atomic E-state index is 0.0220. The van der Waals surface area contributed by atoms with E-state index in [2.05, 4.69) is 12.1 Å². The molecule has 7 heteroatoms. The van der Waals surface area contributed by atoms with Gasteiger partial charge in [-0.25, -0.2) is 0 Å². The maximum Gasteiger partial charge on any atom is 0.260 e. The molecular formula is C31H35ClN2O4. The average Bonchev–Trinajstić information content (AvgIpc) is 2.96. The van der Waals surface area contributed by atoms with Gasteiger partial charge in [0, 0.05) is 24.7 Å². The Balaban J connectivity index is 1.60. The van der Waals surface area contributed by atoms with Crippen molar-refractivity contribution in [3.05, 3.63) is 95.0 Å². The molecule has 0 N–H and O–H groups in total. The summed E-state index contributed by atoms with van der Waals surface area (Å²) < 4.78 is 12.1. The number of ether oxygens (including phenoxy) is 2. The van der Waals surface area contributed by atoms with Gasteiger partial charge in [0.15, 0.2) is 6.61 Å². The van der Waals surface area contributed by atoms with Crippen LogP contribution >= 0.6 is 11.6 Å². The van der Waals surface area contributed by atoms with Crippen LogP contribution in [0.15, 0.2) is 78.9 Å². The summed E-state index contributed by atoms with van der Waals surface area (Å²) in [5, 5.41) is 0.614. The number of carbonyl (C=O) groups is 2. The first-order valence-electron chi connectivity index (χ1n) is 13.3. The molecule has 0 saturated carbocycles. The zero-order valence-electron chi connectivity index (χ0n) is 21.9. The van der Waals surface area contributed by atoms with Gasteiger partial charge in [-0.05, 0) is 74.6 Å². The highest BCUT2D eigenvalue weighted by molar-refractivity contribution is 6.30. The number of nitrogens with zero attached hydrogens (tertiary/aromatic N) is 2. The number of halogens is 1. The fourth-order valence-electron chi connectivity index (χ4n) is 4.71. The van der Waals surface area contributed by atoms with E-state index in [9.17, 15) is 9.59 Å². The van der Waals surface area contributed by atoms with Crippen molar-refractivity contribution >= 4 is 23.4 Å². The molecule has 1 aliphatic heterocycles. The summed E-state index contributed by atoms with van der Waals surface area (Å²) in [6, 6.07) is 24.2. The Morgan fingerprint density at radius 1 is 0.947 bits per heavy atom. The van der Waals surface area contributed by atoms with E-state index in [0.29, 0.717) is 48.1 Å². The van der Waals surface area contributed by atoms with Crippen LogP contribution in [0, 0.1) is 0 Å². The predicted octanol–water partition coefficient (Wildman–Crippen LogP) is 5.88. The summed E-state index contributed by atoms with van der Waals surface area (Å²) in [4.78, 5) is 30.6. The molecule has 1 aliphatic rings. The maximum absolute atomic E-state index is 13.6. The van der Waals surface area contributed by atoms with E-state index >= 15 is 0 Å². The first-order chi connectivity index (χ1) is 18.5. The molecule has 0 bridgehead atoms. The van der Waals surface area contributed by atoms with Gasteiger partial charge in [0.2, 0.25) is 0 Å². The molecule has 0 aliphatic carbocycles. The average molecular weight is 535 g/mol. The van der Waals surface area contributed by atoms with Crippen LogP contribution in [0.2, 0.25) is 5.02 Å². The molecule has 38 heavy (non-hydrogen) atoms. The van der Waals surface area contributed by atoms with Crippen LogP contribution in [0.4, 0.5) is 0 Å². The normalized spacial score (nSPS) is 16.9. The van der Waals surface area contributed by atoms with E-state index in [1.54, 1.807) is 24.3 Å². The summed E-state index contributed by atoms with van der Waals surface area (Å²) in [5.41, 5.74) is 1.67. The van der Waals surface area contributed by atoms with Gasteiger partial charge in [0.1, 0.15) is 18.1 Å². The lowest BCUT2D eigenvalue weighted by molar-refractivity contribution is -0.136. The largest absolute Gasteiger partial charge is 0.491 e. The van der Waals surface area contributed by atoms with E-state index in [-0.39, 0.29) is 31.1 Å². The number of fused-ring (bicyclic) bond motifs is 1. The van der Waals surface area contributed by atoms with Gasteiger partial charge in [-0.1, -0.05) is 54.1 Å². The Hall–Kier alpha value is -3.51. The Morgan fingerprint density at radius 2 is 1.66 bits per heavy atom. The van der Waals surface area contributed by atoms with E-state index in [1.165, 1.54) is 0 Å². The molecule has 1 heterocycles. The topological polar surface area (TPSA) is 59.1 Å². The van der Waals surface area contributed by atoms with Crippen molar-refractivity contribution in [3.63, 3.8) is 0 Å². The third-order valence-electron chi connectivity index (χ3n) is 6.80. The molecule has 0 saturated heterocycles. The van der Waals surface area contributed by atoms with Crippen molar-refractivity contribution < 1.29 is 19.1 Å². The number of hydrogen-bond donors (Lipinski definition) is 0. The zero-order chi connectivity index (χ0) is 26.7. The minimum atomic E-state index is -0.232. The molecule has 3 aromatic carbocycles. The molecule has 4 rings (SSSR count). The summed E-state index contributed by atoms with van der Waals surface area (Å²) in [5.74, 6) is 1.01. The molecule has 3 aromatic rings. The first-order valence-corrected chi connectivity index (χ1v) is 13.7. The quantitative estimate of drug-likeness (QED) is 0.396. The number of amides is 2. The number of para-hydroxylation sites is 1. The van der Waals surface area contributed by atoms with Gasteiger partial charge in [-0.15, -0.1) is 0 Å². The second-order valence-corrected chi connectivity index (χ2v) is 9.86. The lowest BCUT2D eigenvalue weighted by Crippen LogP contribution is -2.47. The van der Waals surface area contributed by atoms with Crippen LogP contribution in [0.3, 0.4) is 0 Å². The SMILES string of the molecule is CCN1CCCCCN(C(=O)COc2ccc(Cl)cc2)[C@H](Cc2ccccc2)COc2ccccc2C1=O. The predicted molar refractivity (Wildman–Crippen MR) is 150 cm³/mol. The molecule has 0 spiro atoms. The number of hydrogen-bond acceptors (Lipinski definition) is 4. The van der Waals surface area contributed by atoms with Crippen LogP contribution in [-0.4, -0.2) is 60.5 Å². The van der Waals surface area contributed by atoms with E-state index in [4.69, 9.17) is 21.1 Å². The van der Waals surface area contributed by atoms with Crippen molar-refractivity contribution in [1.29, 1.82) is 0 Å². The van der Waals surface area contributed by atoms with Crippen molar-refractivity contribution in [1.82, 2.24) is 9.80 Å². The zero-order valence-corrected chi connectivity index (χ0v) is 22.6. The monoisotopic (exact) mass is 534 g/mol. The highest BCUT2D eigenvalue weighted by Gasteiger charge is 2.27. The van der Waals surface area contributed by atoms with Crippen LogP contribution in [0.25, 0.3) is 0 Å². The molecule has 1 atom stereocenters. The molecular weight excluding hydrogens is 500 g/mol. The van der Waals surface area contributed by atoms with E-state index in [1.807, 2.05) is 59.2 Å². The first kappa shape index (κ1) is 27.5. The van der Waals surface area contributed by atoms with E-state index < -0.39 is 0 Å². The second kappa shape index (κ2) is 13.9.